The van der Waals surface area contributed by atoms with Gasteiger partial charge in [-0.2, -0.15) is 5.10 Å². The number of nitrogens with zero attached hydrogens (tertiary/aromatic N) is 2. The van der Waals surface area contributed by atoms with Gasteiger partial charge in [-0.3, -0.25) is 9.10 Å². The molecule has 0 saturated carbocycles. The average molecular weight is 520 g/mol. The summed E-state index contributed by atoms with van der Waals surface area (Å²) in [5.74, 6) is -0.351. The number of rotatable bonds is 5. The van der Waals surface area contributed by atoms with Gasteiger partial charge in [0.2, 0.25) is 0 Å². The summed E-state index contributed by atoms with van der Waals surface area (Å²) in [6.45, 7) is 0.179. The van der Waals surface area contributed by atoms with Crippen LogP contribution in [-0.2, 0) is 16.6 Å². The molecule has 1 aliphatic rings. The Kier molecular flexibility index (Phi) is 5.47. The Morgan fingerprint density at radius 3 is 2.42 bits per heavy atom. The largest absolute Gasteiger partial charge is 0.271 e. The topological polar surface area (TPSA) is 78.8 Å². The Labute approximate surface area is 199 Å². The van der Waals surface area contributed by atoms with Gasteiger partial charge in [0.25, 0.3) is 15.9 Å². The van der Waals surface area contributed by atoms with Gasteiger partial charge in [-0.15, -0.1) is 0 Å². The molecule has 0 fully saturated rings. The summed E-state index contributed by atoms with van der Waals surface area (Å²) in [5, 5.41) is 5.65. The number of amides is 1. The minimum Gasteiger partial charge on any atom is -0.267 e. The molecular weight excluding hydrogens is 502 g/mol. The molecule has 6 nitrogen and oxygen atoms in total. The molecule has 8 heteroatoms. The third-order valence-electron chi connectivity index (χ3n) is 5.50. The molecule has 0 aliphatic carbocycles. The van der Waals surface area contributed by atoms with Gasteiger partial charge in [0.15, 0.2) is 0 Å². The SMILES string of the molecule is O=C(N/N=C\c1ccccc1Br)c1ccc(CN2c3cccc4cccc(c34)S2(=O)=O)cc1. The first kappa shape index (κ1) is 21.4. The standard InChI is InChI=1S/C25H18BrN3O3S/c26-21-8-2-1-5-20(21)15-27-28-25(30)19-13-11-17(12-14-19)16-29-22-9-3-6-18-7-4-10-23(24(18)22)33(29,31)32/h1-15H,16H2,(H,28,30)/b27-15-. The maximum absolute atomic E-state index is 13.1. The number of carbonyl (C=O) groups excluding carboxylic acids is 1. The van der Waals surface area contributed by atoms with Crippen molar-refractivity contribution in [1.82, 2.24) is 5.43 Å². The molecule has 33 heavy (non-hydrogen) atoms. The summed E-state index contributed by atoms with van der Waals surface area (Å²) in [6, 6.07) is 25.3. The van der Waals surface area contributed by atoms with Crippen LogP contribution >= 0.6 is 15.9 Å². The number of nitrogens with one attached hydrogen (secondary N) is 1. The molecule has 0 spiro atoms. The van der Waals surface area contributed by atoms with Crippen LogP contribution in [0.4, 0.5) is 5.69 Å². The van der Waals surface area contributed by atoms with Crippen LogP contribution in [0.25, 0.3) is 10.8 Å². The highest BCUT2D eigenvalue weighted by atomic mass is 79.9. The summed E-state index contributed by atoms with van der Waals surface area (Å²) < 4.78 is 28.6. The van der Waals surface area contributed by atoms with Crippen LogP contribution in [-0.4, -0.2) is 20.5 Å². The predicted octanol–water partition coefficient (Wildman–Crippen LogP) is 5.08. The van der Waals surface area contributed by atoms with Crippen molar-refractivity contribution in [3.63, 3.8) is 0 Å². The van der Waals surface area contributed by atoms with E-state index in [-0.39, 0.29) is 12.5 Å². The lowest BCUT2D eigenvalue weighted by atomic mass is 10.1. The van der Waals surface area contributed by atoms with Crippen molar-refractivity contribution in [1.29, 1.82) is 0 Å². The van der Waals surface area contributed by atoms with E-state index in [1.165, 1.54) is 4.31 Å². The minimum atomic E-state index is -3.63. The number of anilines is 1. The van der Waals surface area contributed by atoms with Crippen LogP contribution in [0.1, 0.15) is 21.5 Å². The van der Waals surface area contributed by atoms with Crippen LogP contribution < -0.4 is 9.73 Å². The van der Waals surface area contributed by atoms with Crippen molar-refractivity contribution in [2.45, 2.75) is 11.4 Å². The lowest BCUT2D eigenvalue weighted by Crippen LogP contribution is -2.26. The third kappa shape index (κ3) is 3.92. The predicted molar refractivity (Wildman–Crippen MR) is 133 cm³/mol. The Balaban J connectivity index is 1.32. The van der Waals surface area contributed by atoms with Crippen LogP contribution in [0.2, 0.25) is 0 Å². The fourth-order valence-electron chi connectivity index (χ4n) is 3.86. The van der Waals surface area contributed by atoms with Crippen LogP contribution in [0.3, 0.4) is 0 Å². The molecule has 164 valence electrons. The van der Waals surface area contributed by atoms with Crippen LogP contribution in [0, 0.1) is 0 Å². The fraction of sp³-hybridized carbons (Fsp3) is 0.0400. The molecular formula is C25H18BrN3O3S. The summed E-state index contributed by atoms with van der Waals surface area (Å²) in [6.07, 6.45) is 1.56. The first-order valence-corrected chi connectivity index (χ1v) is 12.4. The zero-order valence-electron chi connectivity index (χ0n) is 17.3. The van der Waals surface area contributed by atoms with E-state index in [2.05, 4.69) is 26.5 Å². The van der Waals surface area contributed by atoms with Gasteiger partial charge >= 0.3 is 0 Å². The Morgan fingerprint density at radius 1 is 0.939 bits per heavy atom. The van der Waals surface area contributed by atoms with E-state index in [1.807, 2.05) is 48.5 Å². The second-order valence-corrected chi connectivity index (χ2v) is 10.2. The lowest BCUT2D eigenvalue weighted by molar-refractivity contribution is 0.0955. The van der Waals surface area contributed by atoms with E-state index in [9.17, 15) is 13.2 Å². The molecule has 0 bridgehead atoms. The van der Waals surface area contributed by atoms with Gasteiger partial charge in [-0.1, -0.05) is 70.5 Å². The number of halogens is 1. The van der Waals surface area contributed by atoms with Crippen molar-refractivity contribution in [2.75, 3.05) is 4.31 Å². The van der Waals surface area contributed by atoms with E-state index in [0.29, 0.717) is 16.1 Å². The fourth-order valence-corrected chi connectivity index (χ4v) is 5.95. The van der Waals surface area contributed by atoms with E-state index in [0.717, 1.165) is 26.4 Å². The van der Waals surface area contributed by atoms with Crippen LogP contribution in [0.15, 0.2) is 99.4 Å². The first-order valence-electron chi connectivity index (χ1n) is 10.2. The third-order valence-corrected chi connectivity index (χ3v) is 8.02. The highest BCUT2D eigenvalue weighted by molar-refractivity contribution is 9.10. The number of hydrogen-bond acceptors (Lipinski definition) is 4. The zero-order valence-corrected chi connectivity index (χ0v) is 19.7. The molecule has 1 aliphatic heterocycles. The molecule has 1 amide bonds. The molecule has 1 heterocycles. The normalized spacial score (nSPS) is 14.2. The molecule has 0 atom stereocenters. The average Bonchev–Trinajstić information content (AvgIpc) is 3.04. The number of carbonyl (C=O) groups is 1. The summed E-state index contributed by atoms with van der Waals surface area (Å²) in [5.41, 5.74) is 5.23. The maximum Gasteiger partial charge on any atom is 0.271 e. The second-order valence-electron chi connectivity index (χ2n) is 7.56. The summed E-state index contributed by atoms with van der Waals surface area (Å²) >= 11 is 3.43. The van der Waals surface area contributed by atoms with Crippen molar-refractivity contribution in [2.24, 2.45) is 5.10 Å². The zero-order chi connectivity index (χ0) is 23.0. The van der Waals surface area contributed by atoms with Gasteiger partial charge in [0.05, 0.1) is 23.3 Å². The summed E-state index contributed by atoms with van der Waals surface area (Å²) in [4.78, 5) is 12.7. The molecule has 5 rings (SSSR count). The van der Waals surface area contributed by atoms with Crippen molar-refractivity contribution < 1.29 is 13.2 Å². The monoisotopic (exact) mass is 519 g/mol. The molecule has 0 aromatic heterocycles. The lowest BCUT2D eigenvalue weighted by Gasteiger charge is -2.19. The molecule has 4 aromatic carbocycles. The number of benzene rings is 4. The minimum absolute atomic E-state index is 0.179. The van der Waals surface area contributed by atoms with E-state index in [4.69, 9.17) is 0 Å². The number of sulfonamides is 1. The molecule has 0 unspecified atom stereocenters. The first-order chi connectivity index (χ1) is 15.9. The maximum atomic E-state index is 13.1. The highest BCUT2D eigenvalue weighted by Crippen LogP contribution is 2.42. The Bertz CT molecular complexity index is 1510. The molecule has 1 N–H and O–H groups in total. The molecule has 4 aromatic rings. The Morgan fingerprint density at radius 2 is 1.67 bits per heavy atom. The quantitative estimate of drug-likeness (QED) is 0.295. The van der Waals surface area contributed by atoms with Crippen molar-refractivity contribution in [3.05, 3.63) is 106 Å². The van der Waals surface area contributed by atoms with Crippen molar-refractivity contribution >= 4 is 54.5 Å². The summed E-state index contributed by atoms with van der Waals surface area (Å²) in [7, 11) is -3.63. The van der Waals surface area contributed by atoms with Gasteiger partial charge < -0.3 is 0 Å². The van der Waals surface area contributed by atoms with E-state index < -0.39 is 10.0 Å². The van der Waals surface area contributed by atoms with Crippen molar-refractivity contribution in [3.8, 4) is 0 Å². The van der Waals surface area contributed by atoms with E-state index >= 15 is 0 Å². The highest BCUT2D eigenvalue weighted by Gasteiger charge is 2.35. The smallest absolute Gasteiger partial charge is 0.267 e. The number of hydrogen-bond donors (Lipinski definition) is 1. The van der Waals surface area contributed by atoms with Crippen LogP contribution in [0.5, 0.6) is 0 Å². The Hall–Kier alpha value is -3.49. The molecule has 0 radical (unpaired) electrons. The van der Waals surface area contributed by atoms with Gasteiger partial charge in [0.1, 0.15) is 0 Å². The van der Waals surface area contributed by atoms with E-state index in [1.54, 1.807) is 42.6 Å². The molecule has 0 saturated heterocycles. The van der Waals surface area contributed by atoms with Gasteiger partial charge in [-0.05, 0) is 41.3 Å². The number of hydrazone groups is 1. The van der Waals surface area contributed by atoms with Gasteiger partial charge in [0, 0.05) is 21.0 Å². The van der Waals surface area contributed by atoms with Gasteiger partial charge in [-0.25, -0.2) is 13.8 Å². The second kappa shape index (κ2) is 8.46.